The van der Waals surface area contributed by atoms with Crippen LogP contribution in [0, 0.1) is 0 Å². The van der Waals surface area contributed by atoms with Crippen molar-refractivity contribution in [1.29, 1.82) is 0 Å². The number of nitrogens with zero attached hydrogens (tertiary/aromatic N) is 1. The van der Waals surface area contributed by atoms with E-state index in [1.807, 2.05) is 30.3 Å². The van der Waals surface area contributed by atoms with Gasteiger partial charge in [-0.2, -0.15) is 0 Å². The van der Waals surface area contributed by atoms with Gasteiger partial charge in [0.05, 0.1) is 6.10 Å². The average Bonchev–Trinajstić information content (AvgIpc) is 2.53. The lowest BCUT2D eigenvalue weighted by Gasteiger charge is -2.32. The van der Waals surface area contributed by atoms with Crippen molar-refractivity contribution in [1.82, 2.24) is 10.2 Å². The number of amides is 2. The van der Waals surface area contributed by atoms with Crippen LogP contribution in [0.2, 0.25) is 0 Å². The van der Waals surface area contributed by atoms with Crippen LogP contribution in [0.3, 0.4) is 0 Å². The molecule has 1 heterocycles. The number of nitrogens with one attached hydrogen (secondary N) is 1. The number of benzene rings is 1. The Bertz CT molecular complexity index is 583. The summed E-state index contributed by atoms with van der Waals surface area (Å²) < 4.78 is 5.26. The van der Waals surface area contributed by atoms with Gasteiger partial charge in [-0.3, -0.25) is 4.79 Å². The summed E-state index contributed by atoms with van der Waals surface area (Å²) in [6.07, 6.45) is 0.322. The maximum atomic E-state index is 12.9. The highest BCUT2D eigenvalue weighted by Gasteiger charge is 2.30. The second-order valence-electron chi connectivity index (χ2n) is 7.46. The molecule has 25 heavy (non-hydrogen) atoms. The van der Waals surface area contributed by atoms with E-state index in [2.05, 4.69) is 5.32 Å². The summed E-state index contributed by atoms with van der Waals surface area (Å²) >= 11 is 0. The van der Waals surface area contributed by atoms with Crippen LogP contribution in [0.1, 0.15) is 45.6 Å². The Kier molecular flexibility index (Phi) is 6.42. The first-order chi connectivity index (χ1) is 11.7. The molecule has 2 atom stereocenters. The average molecular weight is 348 g/mol. The summed E-state index contributed by atoms with van der Waals surface area (Å²) in [4.78, 5) is 26.6. The molecular formula is C19H28N2O4. The van der Waals surface area contributed by atoms with E-state index < -0.39 is 23.8 Å². The highest BCUT2D eigenvalue weighted by Crippen LogP contribution is 2.17. The molecule has 1 aliphatic rings. The minimum absolute atomic E-state index is 0.137. The van der Waals surface area contributed by atoms with E-state index in [0.717, 1.165) is 5.56 Å². The first kappa shape index (κ1) is 19.2. The number of aliphatic hydroxyl groups excluding tert-OH is 1. The molecule has 0 saturated carbocycles. The topological polar surface area (TPSA) is 78.9 Å². The Morgan fingerprint density at radius 2 is 1.92 bits per heavy atom. The molecule has 1 aromatic rings. The molecule has 0 unspecified atom stereocenters. The minimum atomic E-state index is -0.687. The van der Waals surface area contributed by atoms with Crippen molar-refractivity contribution in [2.45, 2.75) is 64.3 Å². The summed E-state index contributed by atoms with van der Waals surface area (Å²) in [6, 6.07) is 9.01. The molecule has 2 amide bonds. The standard InChI is InChI=1S/C19H28N2O4/c1-19(2,3)25-18(24)20-16-10-9-15(22)11-12-21(17(16)23)13-14-7-5-4-6-8-14/h4-8,15-16,22H,9-13H2,1-3H3,(H,20,24)/t15-,16-/m0/s1. The molecule has 1 aliphatic heterocycles. The van der Waals surface area contributed by atoms with Crippen molar-refractivity contribution in [2.75, 3.05) is 6.54 Å². The van der Waals surface area contributed by atoms with Gasteiger partial charge in [-0.15, -0.1) is 0 Å². The van der Waals surface area contributed by atoms with Crippen molar-refractivity contribution in [2.24, 2.45) is 0 Å². The van der Waals surface area contributed by atoms with Crippen LogP contribution in [0.15, 0.2) is 30.3 Å². The first-order valence-electron chi connectivity index (χ1n) is 8.75. The Balaban J connectivity index is 2.08. The number of aliphatic hydroxyl groups is 1. The summed E-state index contributed by atoms with van der Waals surface area (Å²) in [5.41, 5.74) is 0.389. The maximum absolute atomic E-state index is 12.9. The second-order valence-corrected chi connectivity index (χ2v) is 7.46. The lowest BCUT2D eigenvalue weighted by molar-refractivity contribution is -0.135. The van der Waals surface area contributed by atoms with Gasteiger partial charge in [0.15, 0.2) is 0 Å². The molecule has 2 N–H and O–H groups in total. The summed E-state index contributed by atoms with van der Waals surface area (Å²) in [7, 11) is 0. The van der Waals surface area contributed by atoms with E-state index in [-0.39, 0.29) is 5.91 Å². The molecule has 138 valence electrons. The van der Waals surface area contributed by atoms with Crippen LogP contribution in [-0.4, -0.2) is 46.3 Å². The number of likely N-dealkylation sites (tertiary alicyclic amines) is 1. The third-order valence-corrected chi connectivity index (χ3v) is 4.04. The monoisotopic (exact) mass is 348 g/mol. The van der Waals surface area contributed by atoms with Crippen LogP contribution >= 0.6 is 0 Å². The fourth-order valence-corrected chi connectivity index (χ4v) is 2.81. The number of hydrogen-bond acceptors (Lipinski definition) is 4. The first-order valence-corrected chi connectivity index (χ1v) is 8.75. The molecule has 0 bridgehead atoms. The predicted molar refractivity (Wildman–Crippen MR) is 94.9 cm³/mol. The van der Waals surface area contributed by atoms with Gasteiger partial charge >= 0.3 is 6.09 Å². The molecule has 2 rings (SSSR count). The Labute approximate surface area is 149 Å². The number of rotatable bonds is 3. The van der Waals surface area contributed by atoms with E-state index in [1.165, 1.54) is 0 Å². The minimum Gasteiger partial charge on any atom is -0.444 e. The zero-order chi connectivity index (χ0) is 18.4. The van der Waals surface area contributed by atoms with Crippen LogP contribution < -0.4 is 5.32 Å². The third kappa shape index (κ3) is 6.38. The normalized spacial score (nSPS) is 22.1. The van der Waals surface area contributed by atoms with Gasteiger partial charge < -0.3 is 20.1 Å². The van der Waals surface area contributed by atoms with Gasteiger partial charge in [0, 0.05) is 13.1 Å². The molecule has 0 aliphatic carbocycles. The van der Waals surface area contributed by atoms with Gasteiger partial charge in [-0.1, -0.05) is 30.3 Å². The fraction of sp³-hybridized carbons (Fsp3) is 0.579. The molecule has 0 radical (unpaired) electrons. The van der Waals surface area contributed by atoms with E-state index in [9.17, 15) is 14.7 Å². The second kappa shape index (κ2) is 8.34. The number of alkyl carbamates (subject to hydrolysis) is 1. The zero-order valence-corrected chi connectivity index (χ0v) is 15.2. The van der Waals surface area contributed by atoms with Crippen molar-refractivity contribution in [3.8, 4) is 0 Å². The van der Waals surface area contributed by atoms with Crippen LogP contribution in [-0.2, 0) is 16.1 Å². The highest BCUT2D eigenvalue weighted by molar-refractivity contribution is 5.85. The smallest absolute Gasteiger partial charge is 0.408 e. The van der Waals surface area contributed by atoms with Gasteiger partial charge in [0.1, 0.15) is 11.6 Å². The fourth-order valence-electron chi connectivity index (χ4n) is 2.81. The van der Waals surface area contributed by atoms with Crippen molar-refractivity contribution in [3.63, 3.8) is 0 Å². The molecular weight excluding hydrogens is 320 g/mol. The van der Waals surface area contributed by atoms with Gasteiger partial charge in [0.25, 0.3) is 0 Å². The van der Waals surface area contributed by atoms with Crippen molar-refractivity contribution in [3.05, 3.63) is 35.9 Å². The van der Waals surface area contributed by atoms with Crippen molar-refractivity contribution >= 4 is 12.0 Å². The lowest BCUT2D eigenvalue weighted by atomic mass is 10.0. The summed E-state index contributed by atoms with van der Waals surface area (Å²) in [5.74, 6) is -0.137. The highest BCUT2D eigenvalue weighted by atomic mass is 16.6. The molecule has 6 heteroatoms. The lowest BCUT2D eigenvalue weighted by Crippen LogP contribution is -2.51. The van der Waals surface area contributed by atoms with Crippen molar-refractivity contribution < 1.29 is 19.4 Å². The Morgan fingerprint density at radius 3 is 2.56 bits per heavy atom. The van der Waals surface area contributed by atoms with Crippen LogP contribution in [0.25, 0.3) is 0 Å². The zero-order valence-electron chi connectivity index (χ0n) is 15.2. The molecule has 6 nitrogen and oxygen atoms in total. The number of hydrogen-bond donors (Lipinski definition) is 2. The Morgan fingerprint density at radius 1 is 1.24 bits per heavy atom. The third-order valence-electron chi connectivity index (χ3n) is 4.04. The number of ether oxygens (including phenoxy) is 1. The van der Waals surface area contributed by atoms with E-state index in [4.69, 9.17) is 4.74 Å². The number of carbonyl (C=O) groups is 2. The summed E-state index contributed by atoms with van der Waals surface area (Å²) in [6.45, 7) is 6.24. The molecule has 0 spiro atoms. The largest absolute Gasteiger partial charge is 0.444 e. The molecule has 0 aromatic heterocycles. The quantitative estimate of drug-likeness (QED) is 0.879. The predicted octanol–water partition coefficient (Wildman–Crippen LogP) is 2.45. The molecule has 1 fully saturated rings. The Hall–Kier alpha value is -2.08. The molecule has 1 aromatic carbocycles. The van der Waals surface area contributed by atoms with E-state index >= 15 is 0 Å². The maximum Gasteiger partial charge on any atom is 0.408 e. The van der Waals surface area contributed by atoms with Gasteiger partial charge in [-0.25, -0.2) is 4.79 Å². The van der Waals surface area contributed by atoms with E-state index in [0.29, 0.717) is 32.4 Å². The van der Waals surface area contributed by atoms with Gasteiger partial charge in [-0.05, 0) is 45.6 Å². The van der Waals surface area contributed by atoms with Crippen LogP contribution in [0.4, 0.5) is 4.79 Å². The van der Waals surface area contributed by atoms with E-state index in [1.54, 1.807) is 25.7 Å². The SMILES string of the molecule is CC(C)(C)OC(=O)N[C@H]1CC[C@H](O)CCN(Cc2ccccc2)C1=O. The number of carbonyl (C=O) groups excluding carboxylic acids is 2. The summed E-state index contributed by atoms with van der Waals surface area (Å²) in [5, 5.41) is 12.7. The molecule has 1 saturated heterocycles. The van der Waals surface area contributed by atoms with Crippen LogP contribution in [0.5, 0.6) is 0 Å². The van der Waals surface area contributed by atoms with Gasteiger partial charge in [0.2, 0.25) is 5.91 Å².